The number of anilines is 1. The summed E-state index contributed by atoms with van der Waals surface area (Å²) in [5.74, 6) is -2.16. The van der Waals surface area contributed by atoms with E-state index in [1.165, 1.54) is 0 Å². The van der Waals surface area contributed by atoms with Crippen LogP contribution in [0.15, 0.2) is 18.2 Å². The molecule has 3 N–H and O–H groups in total. The Bertz CT molecular complexity index is 469. The highest BCUT2D eigenvalue weighted by Gasteiger charge is 2.33. The number of rotatable bonds is 4. The van der Waals surface area contributed by atoms with Gasteiger partial charge in [-0.1, -0.05) is 13.8 Å². The van der Waals surface area contributed by atoms with Crippen molar-refractivity contribution in [2.24, 2.45) is 5.92 Å². The Hall–Kier alpha value is -1.72. The summed E-state index contributed by atoms with van der Waals surface area (Å²) >= 11 is 0. The molecule has 0 aromatic heterocycles. The summed E-state index contributed by atoms with van der Waals surface area (Å²) in [5.41, 5.74) is 4.83. The number of carbonyl (C=O) groups is 1. The van der Waals surface area contributed by atoms with Crippen molar-refractivity contribution < 1.29 is 23.1 Å². The zero-order valence-corrected chi connectivity index (χ0v) is 10.7. The first-order valence-electron chi connectivity index (χ1n) is 5.82. The van der Waals surface area contributed by atoms with Crippen molar-refractivity contribution in [3.05, 3.63) is 29.3 Å². The summed E-state index contributed by atoms with van der Waals surface area (Å²) < 4.78 is 37.9. The van der Waals surface area contributed by atoms with Crippen LogP contribution >= 0.6 is 0 Å². The summed E-state index contributed by atoms with van der Waals surface area (Å²) in [7, 11) is 0. The third-order valence-electron chi connectivity index (χ3n) is 2.79. The van der Waals surface area contributed by atoms with E-state index in [4.69, 9.17) is 10.8 Å². The zero-order valence-electron chi connectivity index (χ0n) is 10.7. The van der Waals surface area contributed by atoms with Gasteiger partial charge < -0.3 is 10.8 Å². The van der Waals surface area contributed by atoms with E-state index in [1.54, 1.807) is 13.8 Å². The van der Waals surface area contributed by atoms with Crippen molar-refractivity contribution in [1.82, 2.24) is 0 Å². The van der Waals surface area contributed by atoms with Crippen LogP contribution in [0.3, 0.4) is 0 Å². The van der Waals surface area contributed by atoms with Gasteiger partial charge in [0, 0.05) is 5.69 Å². The van der Waals surface area contributed by atoms with E-state index in [9.17, 15) is 18.0 Å². The van der Waals surface area contributed by atoms with Crippen LogP contribution in [0.25, 0.3) is 0 Å². The molecule has 0 aliphatic carbocycles. The standard InChI is InChI=1S/C13H16F3NO2/c1-7(2)5-10(12(18)19)9-6-8(13(14,15)16)3-4-11(9)17/h3-4,6-7,10H,5,17H2,1-2H3,(H,18,19). The lowest BCUT2D eigenvalue weighted by Gasteiger charge is -2.18. The van der Waals surface area contributed by atoms with Crippen molar-refractivity contribution in [3.63, 3.8) is 0 Å². The highest BCUT2D eigenvalue weighted by Crippen LogP contribution is 2.35. The first kappa shape index (κ1) is 15.3. The summed E-state index contributed by atoms with van der Waals surface area (Å²) in [5, 5.41) is 9.16. The van der Waals surface area contributed by atoms with Crippen LogP contribution in [-0.2, 0) is 11.0 Å². The molecule has 0 aliphatic rings. The second-order valence-corrected chi connectivity index (χ2v) is 4.86. The summed E-state index contributed by atoms with van der Waals surface area (Å²) in [4.78, 5) is 11.2. The number of aliphatic carboxylic acids is 1. The van der Waals surface area contributed by atoms with Crippen LogP contribution in [-0.4, -0.2) is 11.1 Å². The highest BCUT2D eigenvalue weighted by atomic mass is 19.4. The van der Waals surface area contributed by atoms with Gasteiger partial charge >= 0.3 is 12.1 Å². The largest absolute Gasteiger partial charge is 0.481 e. The lowest BCUT2D eigenvalue weighted by atomic mass is 9.88. The smallest absolute Gasteiger partial charge is 0.416 e. The molecule has 1 aromatic rings. The van der Waals surface area contributed by atoms with E-state index in [-0.39, 0.29) is 23.6 Å². The Labute approximate surface area is 109 Å². The molecular weight excluding hydrogens is 259 g/mol. The molecule has 1 aromatic carbocycles. The van der Waals surface area contributed by atoms with E-state index in [2.05, 4.69) is 0 Å². The second-order valence-electron chi connectivity index (χ2n) is 4.86. The van der Waals surface area contributed by atoms with Crippen LogP contribution < -0.4 is 5.73 Å². The number of hydrogen-bond acceptors (Lipinski definition) is 2. The van der Waals surface area contributed by atoms with Gasteiger partial charge in [-0.15, -0.1) is 0 Å². The molecule has 3 nitrogen and oxygen atoms in total. The SMILES string of the molecule is CC(C)CC(C(=O)O)c1cc(C(F)(F)F)ccc1N. The Morgan fingerprint density at radius 1 is 1.37 bits per heavy atom. The fraction of sp³-hybridized carbons (Fsp3) is 0.462. The average Bonchev–Trinajstić information content (AvgIpc) is 2.24. The van der Waals surface area contributed by atoms with Crippen molar-refractivity contribution in [2.75, 3.05) is 5.73 Å². The van der Waals surface area contributed by atoms with E-state index >= 15 is 0 Å². The van der Waals surface area contributed by atoms with Gasteiger partial charge in [-0.3, -0.25) is 4.79 Å². The molecule has 106 valence electrons. The van der Waals surface area contributed by atoms with Gasteiger partial charge in [-0.25, -0.2) is 0 Å². The molecule has 0 amide bonds. The van der Waals surface area contributed by atoms with Crippen molar-refractivity contribution >= 4 is 11.7 Å². The third-order valence-corrected chi connectivity index (χ3v) is 2.79. The van der Waals surface area contributed by atoms with Crippen LogP contribution in [0, 0.1) is 5.92 Å². The van der Waals surface area contributed by atoms with E-state index in [0.29, 0.717) is 0 Å². The van der Waals surface area contributed by atoms with Gasteiger partial charge in [-0.2, -0.15) is 13.2 Å². The monoisotopic (exact) mass is 275 g/mol. The minimum absolute atomic E-state index is 0.0241. The molecule has 0 spiro atoms. The van der Waals surface area contributed by atoms with Gasteiger partial charge in [-0.05, 0) is 36.1 Å². The number of benzene rings is 1. The number of nitrogens with two attached hydrogens (primary N) is 1. The van der Waals surface area contributed by atoms with E-state index in [1.807, 2.05) is 0 Å². The molecule has 0 radical (unpaired) electrons. The number of alkyl halides is 3. The maximum Gasteiger partial charge on any atom is 0.416 e. The summed E-state index contributed by atoms with van der Waals surface area (Å²) in [6.45, 7) is 3.61. The molecule has 0 bridgehead atoms. The van der Waals surface area contributed by atoms with E-state index in [0.717, 1.165) is 18.2 Å². The normalized spacial score (nSPS) is 13.6. The van der Waals surface area contributed by atoms with Crippen LogP contribution in [0.2, 0.25) is 0 Å². The third kappa shape index (κ3) is 3.87. The first-order valence-corrected chi connectivity index (χ1v) is 5.82. The molecule has 1 unspecified atom stereocenters. The number of nitrogen functional groups attached to an aromatic ring is 1. The van der Waals surface area contributed by atoms with E-state index < -0.39 is 23.6 Å². The van der Waals surface area contributed by atoms with Crippen molar-refractivity contribution in [2.45, 2.75) is 32.4 Å². The molecular formula is C13H16F3NO2. The first-order chi connectivity index (χ1) is 8.62. The Morgan fingerprint density at radius 3 is 2.37 bits per heavy atom. The maximum absolute atomic E-state index is 12.6. The predicted molar refractivity (Wildman–Crippen MR) is 65.7 cm³/mol. The fourth-order valence-electron chi connectivity index (χ4n) is 1.89. The number of hydrogen-bond donors (Lipinski definition) is 2. The maximum atomic E-state index is 12.6. The van der Waals surface area contributed by atoms with Crippen molar-refractivity contribution in [1.29, 1.82) is 0 Å². The Morgan fingerprint density at radius 2 is 1.95 bits per heavy atom. The predicted octanol–water partition coefficient (Wildman–Crippen LogP) is 3.50. The molecule has 0 saturated carbocycles. The fourth-order valence-corrected chi connectivity index (χ4v) is 1.89. The zero-order chi connectivity index (χ0) is 14.8. The summed E-state index contributed by atoms with van der Waals surface area (Å²) in [6.07, 6.45) is -4.27. The minimum atomic E-state index is -4.51. The molecule has 0 heterocycles. The highest BCUT2D eigenvalue weighted by molar-refractivity contribution is 5.78. The Kier molecular flexibility index (Phi) is 4.44. The average molecular weight is 275 g/mol. The Balaban J connectivity index is 3.26. The second kappa shape index (κ2) is 5.50. The van der Waals surface area contributed by atoms with Gasteiger partial charge in [0.25, 0.3) is 0 Å². The topological polar surface area (TPSA) is 63.3 Å². The minimum Gasteiger partial charge on any atom is -0.481 e. The molecule has 19 heavy (non-hydrogen) atoms. The quantitative estimate of drug-likeness (QED) is 0.826. The van der Waals surface area contributed by atoms with Crippen LogP contribution in [0.5, 0.6) is 0 Å². The molecule has 1 rings (SSSR count). The summed E-state index contributed by atoms with van der Waals surface area (Å²) in [6, 6.07) is 2.79. The molecule has 1 atom stereocenters. The lowest BCUT2D eigenvalue weighted by Crippen LogP contribution is -2.17. The lowest BCUT2D eigenvalue weighted by molar-refractivity contribution is -0.140. The molecule has 6 heteroatoms. The van der Waals surface area contributed by atoms with Crippen molar-refractivity contribution in [3.8, 4) is 0 Å². The molecule has 0 fully saturated rings. The molecule has 0 aliphatic heterocycles. The van der Waals surface area contributed by atoms with Gasteiger partial charge in [0.15, 0.2) is 0 Å². The van der Waals surface area contributed by atoms with Crippen LogP contribution in [0.1, 0.15) is 37.3 Å². The van der Waals surface area contributed by atoms with Crippen LogP contribution in [0.4, 0.5) is 18.9 Å². The van der Waals surface area contributed by atoms with Gasteiger partial charge in [0.2, 0.25) is 0 Å². The van der Waals surface area contributed by atoms with Gasteiger partial charge in [0.1, 0.15) is 0 Å². The van der Waals surface area contributed by atoms with Gasteiger partial charge in [0.05, 0.1) is 11.5 Å². The number of carboxylic acid groups (broad SMARTS) is 1. The number of halogens is 3. The molecule has 0 saturated heterocycles. The number of carboxylic acids is 1.